The summed E-state index contributed by atoms with van der Waals surface area (Å²) >= 11 is 0. The summed E-state index contributed by atoms with van der Waals surface area (Å²) in [5, 5.41) is 0. The first-order chi connectivity index (χ1) is 8.84. The van der Waals surface area contributed by atoms with Crippen LogP contribution >= 0.6 is 0 Å². The van der Waals surface area contributed by atoms with E-state index < -0.39 is 10.0 Å². The van der Waals surface area contributed by atoms with Crippen molar-refractivity contribution in [1.29, 1.82) is 0 Å². The molecule has 0 aliphatic rings. The predicted molar refractivity (Wildman–Crippen MR) is 78.4 cm³/mol. The van der Waals surface area contributed by atoms with Crippen LogP contribution in [0.4, 0.5) is 0 Å². The van der Waals surface area contributed by atoms with E-state index in [-0.39, 0.29) is 12.1 Å². The van der Waals surface area contributed by atoms with E-state index in [0.717, 1.165) is 12.0 Å². The second-order valence-electron chi connectivity index (χ2n) is 4.89. The zero-order chi connectivity index (χ0) is 14.6. The number of hydrogen-bond donors (Lipinski definition) is 1. The van der Waals surface area contributed by atoms with Crippen LogP contribution in [-0.2, 0) is 10.0 Å². The number of sulfonamides is 1. The maximum atomic E-state index is 12.6. The first kappa shape index (κ1) is 16.1. The molecule has 0 saturated heterocycles. The first-order valence-corrected chi connectivity index (χ1v) is 8.16. The summed E-state index contributed by atoms with van der Waals surface area (Å²) in [5.74, 6) is 0. The highest BCUT2D eigenvalue weighted by Gasteiger charge is 2.25. The summed E-state index contributed by atoms with van der Waals surface area (Å²) in [6, 6.07) is 6.77. The molecule has 5 heteroatoms. The Balaban J connectivity index is 3.22. The van der Waals surface area contributed by atoms with Gasteiger partial charge in [-0.25, -0.2) is 8.42 Å². The number of nitrogens with two attached hydrogens (primary N) is 1. The summed E-state index contributed by atoms with van der Waals surface area (Å²) in [4.78, 5) is 0.324. The molecule has 1 aromatic carbocycles. The summed E-state index contributed by atoms with van der Waals surface area (Å²) < 4.78 is 26.6. The van der Waals surface area contributed by atoms with Gasteiger partial charge in [-0.1, -0.05) is 26.0 Å². The maximum absolute atomic E-state index is 12.6. The normalized spacial score (nSPS) is 14.1. The Morgan fingerprint density at radius 3 is 2.37 bits per heavy atom. The Kier molecular flexibility index (Phi) is 5.52. The molecular weight excluding hydrogens is 260 g/mol. The first-order valence-electron chi connectivity index (χ1n) is 6.71. The third-order valence-corrected chi connectivity index (χ3v) is 5.37. The molecule has 0 aliphatic heterocycles. The topological polar surface area (TPSA) is 63.4 Å². The Labute approximate surface area is 116 Å². The van der Waals surface area contributed by atoms with Gasteiger partial charge in [-0.05, 0) is 38.0 Å². The molecule has 0 fully saturated rings. The summed E-state index contributed by atoms with van der Waals surface area (Å²) in [6.07, 6.45) is 0.783. The Morgan fingerprint density at radius 2 is 1.89 bits per heavy atom. The molecule has 0 aromatic heterocycles. The largest absolute Gasteiger partial charge is 0.324 e. The van der Waals surface area contributed by atoms with Gasteiger partial charge < -0.3 is 5.73 Å². The monoisotopic (exact) mass is 284 g/mol. The van der Waals surface area contributed by atoms with E-state index in [4.69, 9.17) is 5.73 Å². The van der Waals surface area contributed by atoms with E-state index in [2.05, 4.69) is 0 Å². The van der Waals surface area contributed by atoms with Crippen LogP contribution in [0, 0.1) is 0 Å². The van der Waals surface area contributed by atoms with Gasteiger partial charge in [0, 0.05) is 18.6 Å². The quantitative estimate of drug-likeness (QED) is 0.873. The van der Waals surface area contributed by atoms with Crippen molar-refractivity contribution in [1.82, 2.24) is 4.31 Å². The summed E-state index contributed by atoms with van der Waals surface area (Å²) in [6.45, 7) is 8.05. The Bertz CT molecular complexity index is 512. The molecule has 0 saturated carbocycles. The van der Waals surface area contributed by atoms with E-state index >= 15 is 0 Å². The summed E-state index contributed by atoms with van der Waals surface area (Å²) in [7, 11) is -3.44. The highest BCUT2D eigenvalue weighted by molar-refractivity contribution is 7.89. The minimum Gasteiger partial charge on any atom is -0.324 e. The van der Waals surface area contributed by atoms with Crippen LogP contribution in [-0.4, -0.2) is 25.3 Å². The number of nitrogens with zero attached hydrogens (tertiary/aromatic N) is 1. The molecule has 0 amide bonds. The molecule has 0 aliphatic carbocycles. The smallest absolute Gasteiger partial charge is 0.243 e. The van der Waals surface area contributed by atoms with Gasteiger partial charge in [0.1, 0.15) is 0 Å². The second-order valence-corrected chi connectivity index (χ2v) is 6.78. The van der Waals surface area contributed by atoms with Gasteiger partial charge in [0.05, 0.1) is 4.90 Å². The zero-order valence-corrected chi connectivity index (χ0v) is 12.9. The van der Waals surface area contributed by atoms with Gasteiger partial charge >= 0.3 is 0 Å². The van der Waals surface area contributed by atoms with Crippen molar-refractivity contribution in [2.24, 2.45) is 5.73 Å². The van der Waals surface area contributed by atoms with E-state index in [1.165, 1.54) is 4.31 Å². The molecule has 0 bridgehead atoms. The van der Waals surface area contributed by atoms with Crippen molar-refractivity contribution in [3.05, 3.63) is 29.8 Å². The number of benzene rings is 1. The average Bonchev–Trinajstić information content (AvgIpc) is 2.38. The lowest BCUT2D eigenvalue weighted by Gasteiger charge is -2.24. The molecule has 1 atom stereocenters. The van der Waals surface area contributed by atoms with Crippen molar-refractivity contribution in [3.63, 3.8) is 0 Å². The Morgan fingerprint density at radius 1 is 1.26 bits per heavy atom. The molecule has 0 heterocycles. The van der Waals surface area contributed by atoms with Crippen LogP contribution in [0.15, 0.2) is 29.2 Å². The van der Waals surface area contributed by atoms with Crippen LogP contribution in [0.5, 0.6) is 0 Å². The third-order valence-electron chi connectivity index (χ3n) is 3.22. The van der Waals surface area contributed by atoms with Crippen LogP contribution in [0.2, 0.25) is 0 Å². The van der Waals surface area contributed by atoms with Gasteiger partial charge in [0.2, 0.25) is 10.0 Å². The molecule has 108 valence electrons. The zero-order valence-electron chi connectivity index (χ0n) is 12.1. The van der Waals surface area contributed by atoms with E-state index in [1.54, 1.807) is 18.2 Å². The minimum absolute atomic E-state index is 0.0569. The molecule has 1 aromatic rings. The van der Waals surface area contributed by atoms with Crippen LogP contribution in [0.1, 0.15) is 45.7 Å². The Hall–Kier alpha value is -0.910. The van der Waals surface area contributed by atoms with E-state index in [9.17, 15) is 8.42 Å². The van der Waals surface area contributed by atoms with Crippen LogP contribution in [0.3, 0.4) is 0 Å². The molecule has 1 rings (SSSR count). The van der Waals surface area contributed by atoms with Crippen molar-refractivity contribution in [2.45, 2.75) is 51.1 Å². The number of hydrogen-bond acceptors (Lipinski definition) is 3. The molecular formula is C14H24N2O2S. The lowest BCUT2D eigenvalue weighted by Crippen LogP contribution is -2.36. The highest BCUT2D eigenvalue weighted by atomic mass is 32.2. The van der Waals surface area contributed by atoms with E-state index in [0.29, 0.717) is 11.4 Å². The standard InChI is InChI=1S/C14H24N2O2S/c1-5-14(15)12-8-7-9-13(10-12)19(17,18)16(6-2)11(3)4/h7-11,14H,5-6,15H2,1-4H3. The average molecular weight is 284 g/mol. The predicted octanol–water partition coefficient (Wildman–Crippen LogP) is 2.52. The van der Waals surface area contributed by atoms with Gasteiger partial charge in [-0.2, -0.15) is 4.31 Å². The maximum Gasteiger partial charge on any atom is 0.243 e. The van der Waals surface area contributed by atoms with E-state index in [1.807, 2.05) is 33.8 Å². The van der Waals surface area contributed by atoms with Gasteiger partial charge in [0.25, 0.3) is 0 Å². The third kappa shape index (κ3) is 3.55. The molecule has 0 radical (unpaired) electrons. The molecule has 19 heavy (non-hydrogen) atoms. The fraction of sp³-hybridized carbons (Fsp3) is 0.571. The second kappa shape index (κ2) is 6.50. The van der Waals surface area contributed by atoms with Crippen LogP contribution < -0.4 is 5.73 Å². The van der Waals surface area contributed by atoms with Gasteiger partial charge in [0.15, 0.2) is 0 Å². The SMILES string of the molecule is CCC(N)c1cccc(S(=O)(=O)N(CC)C(C)C)c1. The fourth-order valence-corrected chi connectivity index (χ4v) is 3.79. The fourth-order valence-electron chi connectivity index (χ4n) is 2.09. The lowest BCUT2D eigenvalue weighted by atomic mass is 10.1. The highest BCUT2D eigenvalue weighted by Crippen LogP contribution is 2.22. The van der Waals surface area contributed by atoms with Gasteiger partial charge in [-0.3, -0.25) is 0 Å². The molecule has 0 spiro atoms. The van der Waals surface area contributed by atoms with Crippen molar-refractivity contribution >= 4 is 10.0 Å². The molecule has 4 nitrogen and oxygen atoms in total. The number of rotatable bonds is 6. The van der Waals surface area contributed by atoms with Crippen molar-refractivity contribution in [2.75, 3.05) is 6.54 Å². The van der Waals surface area contributed by atoms with Crippen molar-refractivity contribution < 1.29 is 8.42 Å². The van der Waals surface area contributed by atoms with Crippen molar-refractivity contribution in [3.8, 4) is 0 Å². The minimum atomic E-state index is -3.44. The lowest BCUT2D eigenvalue weighted by molar-refractivity contribution is 0.369. The molecule has 1 unspecified atom stereocenters. The molecule has 2 N–H and O–H groups in total. The summed E-state index contributed by atoms with van der Waals surface area (Å²) in [5.41, 5.74) is 6.83. The van der Waals surface area contributed by atoms with Crippen LogP contribution in [0.25, 0.3) is 0 Å². The van der Waals surface area contributed by atoms with Gasteiger partial charge in [-0.15, -0.1) is 0 Å².